The summed E-state index contributed by atoms with van der Waals surface area (Å²) >= 11 is 15.4. The largest absolute Gasteiger partial charge is 0.495 e. The van der Waals surface area contributed by atoms with Gasteiger partial charge in [0.05, 0.1) is 35.1 Å². The van der Waals surface area contributed by atoms with E-state index in [-0.39, 0.29) is 16.3 Å². The Morgan fingerprint density at radius 1 is 1.29 bits per heavy atom. The molecule has 0 saturated carbocycles. The van der Waals surface area contributed by atoms with Crippen LogP contribution >= 0.6 is 39.1 Å². The van der Waals surface area contributed by atoms with Gasteiger partial charge in [-0.15, -0.1) is 0 Å². The average molecular weight is 485 g/mol. The number of ether oxygens (including phenoxy) is 2. The van der Waals surface area contributed by atoms with Crippen LogP contribution in [0.3, 0.4) is 0 Å². The van der Waals surface area contributed by atoms with E-state index in [1.165, 1.54) is 24.2 Å². The van der Waals surface area contributed by atoms with Crippen molar-refractivity contribution in [2.24, 2.45) is 0 Å². The van der Waals surface area contributed by atoms with E-state index < -0.39 is 5.91 Å². The molecule has 2 aromatic carbocycles. The van der Waals surface area contributed by atoms with Crippen LogP contribution in [0.4, 0.5) is 11.4 Å². The fourth-order valence-corrected chi connectivity index (χ4v) is 3.07. The van der Waals surface area contributed by atoms with Gasteiger partial charge < -0.3 is 9.47 Å². The standard InChI is InChI=1S/C19H16BrCl2N3O3/c1-3-28-14-6-4-13(5-7-14)24-25(19(26)12(10-20)11-23)17-9-18(27-2)16(22)8-15(17)21/h4-10,24H,3H2,1-2H3. The third kappa shape index (κ3) is 5.10. The van der Waals surface area contributed by atoms with Gasteiger partial charge in [0.25, 0.3) is 5.91 Å². The number of nitrogens with one attached hydrogen (secondary N) is 1. The smallest absolute Gasteiger partial charge is 0.288 e. The molecular weight excluding hydrogens is 469 g/mol. The normalized spacial score (nSPS) is 10.8. The summed E-state index contributed by atoms with van der Waals surface area (Å²) in [5.74, 6) is 0.392. The van der Waals surface area contributed by atoms with Crippen molar-refractivity contribution in [3.05, 3.63) is 57.0 Å². The van der Waals surface area contributed by atoms with E-state index in [1.54, 1.807) is 24.3 Å². The predicted octanol–water partition coefficient (Wildman–Crippen LogP) is 5.56. The first kappa shape index (κ1) is 21.9. The van der Waals surface area contributed by atoms with E-state index in [0.29, 0.717) is 28.8 Å². The van der Waals surface area contributed by atoms with E-state index in [2.05, 4.69) is 21.4 Å². The van der Waals surface area contributed by atoms with Gasteiger partial charge >= 0.3 is 0 Å². The number of anilines is 2. The van der Waals surface area contributed by atoms with Crippen molar-refractivity contribution < 1.29 is 14.3 Å². The van der Waals surface area contributed by atoms with Crippen LogP contribution in [-0.2, 0) is 4.79 Å². The number of rotatable bonds is 7. The Morgan fingerprint density at radius 2 is 1.96 bits per heavy atom. The summed E-state index contributed by atoms with van der Waals surface area (Å²) in [6, 6.07) is 11.8. The van der Waals surface area contributed by atoms with Gasteiger partial charge in [-0.05, 0) is 37.3 Å². The maximum atomic E-state index is 12.9. The van der Waals surface area contributed by atoms with Gasteiger partial charge in [0.15, 0.2) is 0 Å². The zero-order valence-corrected chi connectivity index (χ0v) is 18.1. The molecule has 0 atom stereocenters. The number of hydrogen-bond acceptors (Lipinski definition) is 5. The van der Waals surface area contributed by atoms with Crippen LogP contribution in [0.1, 0.15) is 6.92 Å². The van der Waals surface area contributed by atoms with E-state index in [4.69, 9.17) is 32.7 Å². The minimum Gasteiger partial charge on any atom is -0.495 e. The van der Waals surface area contributed by atoms with Gasteiger partial charge in [0.2, 0.25) is 0 Å². The highest BCUT2D eigenvalue weighted by Crippen LogP contribution is 2.37. The summed E-state index contributed by atoms with van der Waals surface area (Å²) in [4.78, 5) is 14.1. The van der Waals surface area contributed by atoms with Crippen molar-refractivity contribution in [3.63, 3.8) is 0 Å². The number of benzene rings is 2. The van der Waals surface area contributed by atoms with E-state index >= 15 is 0 Å². The first-order chi connectivity index (χ1) is 13.4. The number of methoxy groups -OCH3 is 1. The Morgan fingerprint density at radius 3 is 2.50 bits per heavy atom. The zero-order valence-electron chi connectivity index (χ0n) is 15.0. The number of halogens is 3. The topological polar surface area (TPSA) is 74.6 Å². The number of carbonyl (C=O) groups is 1. The van der Waals surface area contributed by atoms with Crippen LogP contribution in [0, 0.1) is 11.3 Å². The number of amides is 1. The minimum absolute atomic E-state index is 0.136. The molecule has 0 heterocycles. The maximum Gasteiger partial charge on any atom is 0.288 e. The molecule has 0 saturated heterocycles. The molecule has 2 aromatic rings. The van der Waals surface area contributed by atoms with Crippen LogP contribution in [-0.4, -0.2) is 19.6 Å². The Kier molecular flexibility index (Phi) is 8.00. The van der Waals surface area contributed by atoms with E-state index in [9.17, 15) is 10.1 Å². The lowest BCUT2D eigenvalue weighted by molar-refractivity contribution is -0.114. The van der Waals surface area contributed by atoms with Crippen molar-refractivity contribution >= 4 is 56.4 Å². The SMILES string of the molecule is CCOc1ccc(NN(C(=O)C(C#N)=CBr)c2cc(OC)c(Cl)cc2Cl)cc1. The summed E-state index contributed by atoms with van der Waals surface area (Å²) in [6.45, 7) is 2.43. The molecule has 0 unspecified atom stereocenters. The first-order valence-corrected chi connectivity index (χ1v) is 9.69. The quantitative estimate of drug-likeness (QED) is 0.316. The highest BCUT2D eigenvalue weighted by Gasteiger charge is 2.24. The number of hydrogen-bond donors (Lipinski definition) is 1. The lowest BCUT2D eigenvalue weighted by Gasteiger charge is -2.25. The molecule has 146 valence electrons. The second kappa shape index (κ2) is 10.2. The summed E-state index contributed by atoms with van der Waals surface area (Å²) in [6.07, 6.45) is 0. The summed E-state index contributed by atoms with van der Waals surface area (Å²) < 4.78 is 10.6. The van der Waals surface area contributed by atoms with Gasteiger partial charge in [-0.3, -0.25) is 10.2 Å². The van der Waals surface area contributed by atoms with Crippen LogP contribution in [0.2, 0.25) is 10.0 Å². The number of nitriles is 1. The summed E-state index contributed by atoms with van der Waals surface area (Å²) in [7, 11) is 1.45. The van der Waals surface area contributed by atoms with Crippen molar-refractivity contribution in [2.75, 3.05) is 24.2 Å². The van der Waals surface area contributed by atoms with Crippen molar-refractivity contribution in [3.8, 4) is 17.6 Å². The lowest BCUT2D eigenvalue weighted by atomic mass is 10.2. The molecule has 9 heteroatoms. The third-order valence-electron chi connectivity index (χ3n) is 3.53. The number of nitrogens with zero attached hydrogens (tertiary/aromatic N) is 2. The Labute approximate surface area is 181 Å². The fraction of sp³-hybridized carbons (Fsp3) is 0.158. The van der Waals surface area contributed by atoms with Gasteiger partial charge in [-0.25, -0.2) is 5.01 Å². The molecule has 6 nitrogen and oxygen atoms in total. The molecule has 0 spiro atoms. The van der Waals surface area contributed by atoms with E-state index in [1.807, 2.05) is 13.0 Å². The molecule has 1 amide bonds. The predicted molar refractivity (Wildman–Crippen MR) is 114 cm³/mol. The molecule has 0 aliphatic rings. The molecule has 0 fully saturated rings. The van der Waals surface area contributed by atoms with Crippen LogP contribution in [0.25, 0.3) is 0 Å². The molecule has 28 heavy (non-hydrogen) atoms. The second-order valence-corrected chi connectivity index (χ2v) is 6.55. The summed E-state index contributed by atoms with van der Waals surface area (Å²) in [5.41, 5.74) is 3.67. The van der Waals surface area contributed by atoms with E-state index in [0.717, 1.165) is 5.01 Å². The molecule has 0 bridgehead atoms. The Balaban J connectivity index is 2.49. The highest BCUT2D eigenvalue weighted by atomic mass is 79.9. The lowest BCUT2D eigenvalue weighted by Crippen LogP contribution is -2.37. The Hall–Kier alpha value is -2.40. The minimum atomic E-state index is -0.625. The third-order valence-corrected chi connectivity index (χ3v) is 4.59. The first-order valence-electron chi connectivity index (χ1n) is 8.02. The van der Waals surface area contributed by atoms with Gasteiger partial charge in [0, 0.05) is 11.1 Å². The van der Waals surface area contributed by atoms with Crippen molar-refractivity contribution in [1.29, 1.82) is 5.26 Å². The molecule has 0 radical (unpaired) electrons. The monoisotopic (exact) mass is 483 g/mol. The van der Waals surface area contributed by atoms with Crippen LogP contribution in [0.15, 0.2) is 47.0 Å². The van der Waals surface area contributed by atoms with Gasteiger partial charge in [0.1, 0.15) is 23.1 Å². The van der Waals surface area contributed by atoms with Crippen LogP contribution in [0.5, 0.6) is 11.5 Å². The summed E-state index contributed by atoms with van der Waals surface area (Å²) in [5, 5.41) is 10.9. The molecule has 0 aliphatic heterocycles. The second-order valence-electron chi connectivity index (χ2n) is 5.28. The van der Waals surface area contributed by atoms with Crippen molar-refractivity contribution in [2.45, 2.75) is 6.92 Å². The van der Waals surface area contributed by atoms with Gasteiger partial charge in [-0.2, -0.15) is 5.26 Å². The zero-order chi connectivity index (χ0) is 20.7. The molecule has 1 N–H and O–H groups in total. The van der Waals surface area contributed by atoms with Crippen LogP contribution < -0.4 is 19.9 Å². The number of hydrazine groups is 1. The maximum absolute atomic E-state index is 12.9. The molecule has 0 aromatic heterocycles. The fourth-order valence-electron chi connectivity index (χ4n) is 2.23. The highest BCUT2D eigenvalue weighted by molar-refractivity contribution is 9.11. The Bertz CT molecular complexity index is 927. The van der Waals surface area contributed by atoms with Crippen molar-refractivity contribution in [1.82, 2.24) is 0 Å². The number of carbonyl (C=O) groups excluding carboxylic acids is 1. The molecule has 2 rings (SSSR count). The molecular formula is C19H16BrCl2N3O3. The molecule has 0 aliphatic carbocycles. The van der Waals surface area contributed by atoms with Gasteiger partial charge in [-0.1, -0.05) is 39.1 Å². The average Bonchev–Trinajstić information content (AvgIpc) is 2.69.